The largest absolute Gasteiger partial charge is 0.445 e. The first-order chi connectivity index (χ1) is 15.9. The van der Waals surface area contributed by atoms with Gasteiger partial charge in [-0.05, 0) is 24.0 Å². The highest BCUT2D eigenvalue weighted by molar-refractivity contribution is 5.93. The van der Waals surface area contributed by atoms with Gasteiger partial charge in [0, 0.05) is 0 Å². The van der Waals surface area contributed by atoms with Gasteiger partial charge in [0.25, 0.3) is 0 Å². The monoisotopic (exact) mass is 456 g/mol. The lowest BCUT2D eigenvalue weighted by molar-refractivity contribution is -0.162. The summed E-state index contributed by atoms with van der Waals surface area (Å²) in [4.78, 5) is 48.7. The Hall–Kier alpha value is -3.88. The fourth-order valence-corrected chi connectivity index (χ4v) is 2.71. The van der Waals surface area contributed by atoms with Crippen molar-refractivity contribution in [2.75, 3.05) is 0 Å². The second-order valence-electron chi connectivity index (χ2n) is 7.07. The van der Waals surface area contributed by atoms with Gasteiger partial charge in [0.2, 0.25) is 0 Å². The van der Waals surface area contributed by atoms with E-state index in [0.717, 1.165) is 11.1 Å². The summed E-state index contributed by atoms with van der Waals surface area (Å²) in [5.41, 5.74) is 1.57. The molecule has 0 bridgehead atoms. The van der Waals surface area contributed by atoms with Crippen LogP contribution in [0.1, 0.15) is 37.8 Å². The van der Waals surface area contributed by atoms with Gasteiger partial charge in [-0.3, -0.25) is 0 Å². The Morgan fingerprint density at radius 1 is 0.667 bits per heavy atom. The number of rotatable bonds is 10. The molecular weight excluding hydrogens is 428 g/mol. The lowest BCUT2D eigenvalue weighted by Crippen LogP contribution is -2.46. The second kappa shape index (κ2) is 13.5. The molecule has 2 aromatic carbocycles. The van der Waals surface area contributed by atoms with Crippen molar-refractivity contribution in [1.29, 1.82) is 0 Å². The Morgan fingerprint density at radius 3 is 1.36 bits per heavy atom. The molecule has 2 rings (SSSR count). The zero-order valence-electron chi connectivity index (χ0n) is 18.6. The van der Waals surface area contributed by atoms with Crippen molar-refractivity contribution in [1.82, 2.24) is 10.6 Å². The molecule has 2 amide bonds. The maximum Gasteiger partial charge on any atom is 0.408 e. The van der Waals surface area contributed by atoms with E-state index in [1.807, 2.05) is 36.4 Å². The number of benzene rings is 2. The van der Waals surface area contributed by atoms with E-state index in [4.69, 9.17) is 14.2 Å². The normalized spacial score (nSPS) is 12.1. The maximum atomic E-state index is 12.4. The molecule has 176 valence electrons. The predicted octanol–water partition coefficient (Wildman–Crippen LogP) is 3.47. The lowest BCUT2D eigenvalue weighted by atomic mass is 10.2. The molecule has 2 atom stereocenters. The molecule has 0 aliphatic heterocycles. The van der Waals surface area contributed by atoms with E-state index >= 15 is 0 Å². The van der Waals surface area contributed by atoms with Crippen LogP contribution < -0.4 is 10.6 Å². The van der Waals surface area contributed by atoms with Crippen molar-refractivity contribution >= 4 is 24.1 Å². The van der Waals surface area contributed by atoms with Crippen LogP contribution in [0.15, 0.2) is 60.7 Å². The molecular formula is C24H28N2O7. The molecule has 0 spiro atoms. The average Bonchev–Trinajstić information content (AvgIpc) is 2.84. The van der Waals surface area contributed by atoms with Crippen LogP contribution in [0.5, 0.6) is 0 Å². The summed E-state index contributed by atoms with van der Waals surface area (Å²) in [6.45, 7) is 3.35. The van der Waals surface area contributed by atoms with Crippen LogP contribution >= 0.6 is 0 Å². The molecule has 9 nitrogen and oxygen atoms in total. The highest BCUT2D eigenvalue weighted by Gasteiger charge is 2.28. The van der Waals surface area contributed by atoms with Gasteiger partial charge in [0.05, 0.1) is 0 Å². The SMILES string of the molecule is CC[C@H](NC(=O)OCc1ccccc1)C(=O)OC(=O)[C@H](CC)NC(=O)OCc1ccccc1. The van der Waals surface area contributed by atoms with E-state index in [-0.39, 0.29) is 26.1 Å². The van der Waals surface area contributed by atoms with Gasteiger partial charge >= 0.3 is 24.1 Å². The number of carbonyl (C=O) groups excluding carboxylic acids is 4. The van der Waals surface area contributed by atoms with Gasteiger partial charge in [0.15, 0.2) is 0 Å². The fourth-order valence-electron chi connectivity index (χ4n) is 2.71. The third-order valence-electron chi connectivity index (χ3n) is 4.60. The van der Waals surface area contributed by atoms with Crippen molar-refractivity contribution in [3.05, 3.63) is 71.8 Å². The molecule has 0 heterocycles. The Balaban J connectivity index is 1.80. The van der Waals surface area contributed by atoms with Gasteiger partial charge in [-0.1, -0.05) is 74.5 Å². The van der Waals surface area contributed by atoms with Crippen molar-refractivity contribution in [3.8, 4) is 0 Å². The summed E-state index contributed by atoms with van der Waals surface area (Å²) in [5.74, 6) is -1.89. The van der Waals surface area contributed by atoms with Crippen LogP contribution in [0.2, 0.25) is 0 Å². The Bertz CT molecular complexity index is 843. The molecule has 0 fully saturated rings. The lowest BCUT2D eigenvalue weighted by Gasteiger charge is -2.18. The van der Waals surface area contributed by atoms with E-state index in [1.54, 1.807) is 38.1 Å². The van der Waals surface area contributed by atoms with Gasteiger partial charge < -0.3 is 24.8 Å². The molecule has 33 heavy (non-hydrogen) atoms. The molecule has 2 N–H and O–H groups in total. The van der Waals surface area contributed by atoms with E-state index < -0.39 is 36.2 Å². The van der Waals surface area contributed by atoms with Gasteiger partial charge in [-0.2, -0.15) is 0 Å². The third kappa shape index (κ3) is 9.02. The minimum Gasteiger partial charge on any atom is -0.445 e. The first-order valence-electron chi connectivity index (χ1n) is 10.6. The number of esters is 2. The molecule has 9 heteroatoms. The number of nitrogens with one attached hydrogen (secondary N) is 2. The summed E-state index contributed by atoms with van der Waals surface area (Å²) in [7, 11) is 0. The number of carbonyl (C=O) groups is 4. The van der Waals surface area contributed by atoms with Gasteiger partial charge in [0.1, 0.15) is 25.3 Å². The highest BCUT2D eigenvalue weighted by atomic mass is 16.6. The van der Waals surface area contributed by atoms with Gasteiger partial charge in [-0.25, -0.2) is 19.2 Å². The van der Waals surface area contributed by atoms with Crippen LogP contribution in [0, 0.1) is 0 Å². The summed E-state index contributed by atoms with van der Waals surface area (Å²) in [6, 6.07) is 15.9. The average molecular weight is 456 g/mol. The van der Waals surface area contributed by atoms with Crippen LogP contribution in [0.3, 0.4) is 0 Å². The fraction of sp³-hybridized carbons (Fsp3) is 0.333. The summed E-state index contributed by atoms with van der Waals surface area (Å²) < 4.78 is 15.0. The smallest absolute Gasteiger partial charge is 0.408 e. The molecule has 0 saturated carbocycles. The Labute approximate surface area is 192 Å². The molecule has 0 aromatic heterocycles. The Morgan fingerprint density at radius 2 is 1.03 bits per heavy atom. The summed E-state index contributed by atoms with van der Waals surface area (Å²) in [5, 5.41) is 4.76. The van der Waals surface area contributed by atoms with Crippen molar-refractivity contribution < 1.29 is 33.4 Å². The third-order valence-corrected chi connectivity index (χ3v) is 4.60. The van der Waals surface area contributed by atoms with E-state index in [0.29, 0.717) is 0 Å². The number of amides is 2. The highest BCUT2D eigenvalue weighted by Crippen LogP contribution is 2.05. The van der Waals surface area contributed by atoms with Gasteiger partial charge in [-0.15, -0.1) is 0 Å². The van der Waals surface area contributed by atoms with Crippen LogP contribution in [-0.2, 0) is 37.0 Å². The zero-order chi connectivity index (χ0) is 24.1. The topological polar surface area (TPSA) is 120 Å². The van der Waals surface area contributed by atoms with E-state index in [9.17, 15) is 19.2 Å². The quantitative estimate of drug-likeness (QED) is 0.319. The maximum absolute atomic E-state index is 12.4. The minimum atomic E-state index is -1.08. The standard InChI is InChI=1S/C24H28N2O7/c1-3-19(25-23(29)31-15-17-11-7-5-8-12-17)21(27)33-22(28)20(4-2)26-24(30)32-16-18-13-9-6-10-14-18/h5-14,19-20H,3-4,15-16H2,1-2H3,(H,25,29)(H,26,30)/t19-,20-/m0/s1. The number of hydrogen-bond acceptors (Lipinski definition) is 7. The van der Waals surface area contributed by atoms with Crippen LogP contribution in [-0.4, -0.2) is 36.2 Å². The predicted molar refractivity (Wildman–Crippen MR) is 119 cm³/mol. The zero-order valence-corrected chi connectivity index (χ0v) is 18.6. The van der Waals surface area contributed by atoms with Crippen LogP contribution in [0.25, 0.3) is 0 Å². The number of ether oxygens (including phenoxy) is 3. The van der Waals surface area contributed by atoms with E-state index in [2.05, 4.69) is 10.6 Å². The Kier molecular flexibility index (Phi) is 10.4. The number of hydrogen-bond donors (Lipinski definition) is 2. The first kappa shape index (κ1) is 25.4. The first-order valence-corrected chi connectivity index (χ1v) is 10.6. The molecule has 0 aliphatic carbocycles. The number of alkyl carbamates (subject to hydrolysis) is 2. The van der Waals surface area contributed by atoms with Crippen LogP contribution in [0.4, 0.5) is 9.59 Å². The van der Waals surface area contributed by atoms with E-state index in [1.165, 1.54) is 0 Å². The van der Waals surface area contributed by atoms with Crippen molar-refractivity contribution in [2.24, 2.45) is 0 Å². The molecule has 0 radical (unpaired) electrons. The molecule has 0 aliphatic rings. The second-order valence-corrected chi connectivity index (χ2v) is 7.07. The molecule has 0 saturated heterocycles. The molecule has 2 aromatic rings. The summed E-state index contributed by atoms with van der Waals surface area (Å²) >= 11 is 0. The van der Waals surface area contributed by atoms with Crippen molar-refractivity contribution in [3.63, 3.8) is 0 Å². The minimum absolute atomic E-state index is 0.0318. The van der Waals surface area contributed by atoms with Crippen molar-refractivity contribution in [2.45, 2.75) is 52.0 Å². The molecule has 0 unspecified atom stereocenters. The summed E-state index contributed by atoms with van der Waals surface area (Å²) in [6.07, 6.45) is -1.28.